The number of likely N-dealkylation sites (N-methyl/N-ethyl adjacent to an activating group) is 1. The third-order valence-electron chi connectivity index (χ3n) is 7.87. The van der Waals surface area contributed by atoms with Crippen molar-refractivity contribution in [2.45, 2.75) is 0 Å². The zero-order valence-electron chi connectivity index (χ0n) is 25.3. The smallest absolute Gasteiger partial charge is 0.110 e. The van der Waals surface area contributed by atoms with E-state index in [4.69, 9.17) is 15.1 Å². The molecule has 0 bridgehead atoms. The number of aromatic nitrogens is 3. The lowest BCUT2D eigenvalue weighted by atomic mass is 9.91. The number of nitrogens with zero attached hydrogens (tertiary/aromatic N) is 5. The predicted octanol–water partition coefficient (Wildman–Crippen LogP) is 8.02. The average Bonchev–Trinajstić information content (AvgIpc) is 3.12. The first-order valence-electron chi connectivity index (χ1n) is 15.1. The van der Waals surface area contributed by atoms with E-state index in [0.717, 1.165) is 57.4 Å². The summed E-state index contributed by atoms with van der Waals surface area (Å²) >= 11 is 0. The van der Waals surface area contributed by atoms with Crippen molar-refractivity contribution >= 4 is 34.0 Å². The van der Waals surface area contributed by atoms with Gasteiger partial charge in [-0.15, -0.1) is 0 Å². The molecule has 1 aliphatic carbocycles. The third kappa shape index (κ3) is 5.94. The van der Waals surface area contributed by atoms with Gasteiger partial charge >= 0.3 is 0 Å². The quantitative estimate of drug-likeness (QED) is 0.147. The molecular formula is C39H31N7. The van der Waals surface area contributed by atoms with E-state index in [-0.39, 0.29) is 5.71 Å². The van der Waals surface area contributed by atoms with Gasteiger partial charge in [-0.2, -0.15) is 5.10 Å². The van der Waals surface area contributed by atoms with Crippen molar-refractivity contribution < 1.29 is 0 Å². The molecule has 7 nitrogen and oxygen atoms in total. The Labute approximate surface area is 268 Å². The van der Waals surface area contributed by atoms with Gasteiger partial charge in [0.2, 0.25) is 0 Å². The number of hydrogen-bond acceptors (Lipinski definition) is 7. The highest BCUT2D eigenvalue weighted by Crippen LogP contribution is 2.31. The van der Waals surface area contributed by atoms with Gasteiger partial charge in [-0.05, 0) is 66.3 Å². The molecule has 222 valence electrons. The van der Waals surface area contributed by atoms with Crippen molar-refractivity contribution in [3.63, 3.8) is 0 Å². The lowest BCUT2D eigenvalue weighted by molar-refractivity contribution is 0.529. The first kappa shape index (κ1) is 28.6. The van der Waals surface area contributed by atoms with Gasteiger partial charge in [0, 0.05) is 36.5 Å². The molecule has 0 saturated heterocycles. The molecule has 2 aliphatic rings. The standard InChI is InChI=1S/C39H31N7/c1-46-24-10-8-22-38(46)36-21-12-19-32(43-36)30-25-28(31-18-11-20-35(42-31)34-17-7-9-23-41-34)26-37(39(30)40)45-44-33-16-6-5-15-29(33)27-13-3-2-4-14-27/h2-23,25-26,40,44H,24H2,1H3/b40-39?,45-37-. The molecule has 0 atom stereocenters. The first-order valence-corrected chi connectivity index (χ1v) is 15.1. The topological polar surface area (TPSA) is 90.2 Å². The van der Waals surface area contributed by atoms with E-state index in [1.165, 1.54) is 0 Å². The van der Waals surface area contributed by atoms with Gasteiger partial charge in [-0.25, -0.2) is 9.97 Å². The summed E-state index contributed by atoms with van der Waals surface area (Å²) in [5, 5.41) is 14.1. The second-order valence-corrected chi connectivity index (χ2v) is 10.9. The van der Waals surface area contributed by atoms with Crippen LogP contribution in [0.5, 0.6) is 0 Å². The number of hydrogen-bond donors (Lipinski definition) is 2. The summed E-state index contributed by atoms with van der Waals surface area (Å²) in [6.07, 6.45) is 11.9. The van der Waals surface area contributed by atoms with E-state index in [0.29, 0.717) is 17.0 Å². The summed E-state index contributed by atoms with van der Waals surface area (Å²) in [5.41, 5.74) is 13.3. The highest BCUT2D eigenvalue weighted by Gasteiger charge is 2.23. The van der Waals surface area contributed by atoms with Crippen LogP contribution >= 0.6 is 0 Å². The summed E-state index contributed by atoms with van der Waals surface area (Å²) in [6, 6.07) is 35.8. The van der Waals surface area contributed by atoms with Crippen LogP contribution in [0.1, 0.15) is 17.1 Å². The summed E-state index contributed by atoms with van der Waals surface area (Å²) < 4.78 is 0. The molecule has 7 rings (SSSR count). The van der Waals surface area contributed by atoms with Crippen molar-refractivity contribution in [2.75, 3.05) is 19.0 Å². The lowest BCUT2D eigenvalue weighted by Gasteiger charge is -2.24. The van der Waals surface area contributed by atoms with Crippen molar-refractivity contribution in [3.05, 3.63) is 163 Å². The fourth-order valence-electron chi connectivity index (χ4n) is 5.50. The van der Waals surface area contributed by atoms with Crippen LogP contribution < -0.4 is 5.43 Å². The Kier molecular flexibility index (Phi) is 7.94. The van der Waals surface area contributed by atoms with Crippen LogP contribution in [0.2, 0.25) is 0 Å². The number of para-hydroxylation sites is 1. The Hall–Kier alpha value is -6.21. The second kappa shape index (κ2) is 12.8. The maximum atomic E-state index is 9.32. The van der Waals surface area contributed by atoms with Crippen LogP contribution in [-0.2, 0) is 0 Å². The summed E-state index contributed by atoms with van der Waals surface area (Å²) in [4.78, 5) is 16.6. The average molecular weight is 598 g/mol. The maximum absolute atomic E-state index is 9.32. The lowest BCUT2D eigenvalue weighted by Crippen LogP contribution is -2.21. The summed E-state index contributed by atoms with van der Waals surface area (Å²) in [5.74, 6) is 0. The molecule has 0 spiro atoms. The molecular weight excluding hydrogens is 566 g/mol. The zero-order chi connectivity index (χ0) is 31.3. The number of pyridine rings is 3. The normalized spacial score (nSPS) is 15.3. The predicted molar refractivity (Wildman–Crippen MR) is 188 cm³/mol. The van der Waals surface area contributed by atoms with Gasteiger partial charge in [-0.3, -0.25) is 15.8 Å². The zero-order valence-corrected chi connectivity index (χ0v) is 25.3. The van der Waals surface area contributed by atoms with E-state index in [1.54, 1.807) is 6.20 Å². The number of rotatable bonds is 7. The van der Waals surface area contributed by atoms with E-state index >= 15 is 0 Å². The van der Waals surface area contributed by atoms with Gasteiger partial charge in [0.15, 0.2) is 0 Å². The molecule has 5 aromatic rings. The number of anilines is 1. The Bertz CT molecular complexity index is 2070. The Morgan fingerprint density at radius 1 is 0.717 bits per heavy atom. The molecule has 1 aliphatic heterocycles. The molecule has 0 radical (unpaired) electrons. The van der Waals surface area contributed by atoms with E-state index in [1.807, 2.05) is 103 Å². The van der Waals surface area contributed by atoms with Gasteiger partial charge < -0.3 is 4.90 Å². The van der Waals surface area contributed by atoms with Crippen molar-refractivity contribution in [3.8, 4) is 22.5 Å². The number of benzene rings is 2. The first-order chi connectivity index (χ1) is 22.6. The Morgan fingerprint density at radius 2 is 1.43 bits per heavy atom. The van der Waals surface area contributed by atoms with Gasteiger partial charge in [0.1, 0.15) is 5.71 Å². The molecule has 0 unspecified atom stereocenters. The van der Waals surface area contributed by atoms with Crippen molar-refractivity contribution in [2.24, 2.45) is 5.10 Å². The molecule has 3 aromatic heterocycles. The van der Waals surface area contributed by atoms with Crippen LogP contribution in [0.4, 0.5) is 5.69 Å². The van der Waals surface area contributed by atoms with Gasteiger partial charge in [-0.1, -0.05) is 78.9 Å². The molecule has 4 heterocycles. The third-order valence-corrected chi connectivity index (χ3v) is 7.87. The highest BCUT2D eigenvalue weighted by molar-refractivity contribution is 6.62. The second-order valence-electron chi connectivity index (χ2n) is 10.9. The molecule has 0 amide bonds. The van der Waals surface area contributed by atoms with Crippen LogP contribution in [-0.4, -0.2) is 44.9 Å². The summed E-state index contributed by atoms with van der Waals surface area (Å²) in [6.45, 7) is 0.814. The van der Waals surface area contributed by atoms with E-state index in [9.17, 15) is 5.41 Å². The molecule has 46 heavy (non-hydrogen) atoms. The molecule has 0 fully saturated rings. The SMILES string of the molecule is CN1CC=CC=C1c1cccc(C2=CC(c3cccc(-c4ccccn4)n3)=C/C(=N/Nc3ccccc3-c3ccccc3)C2=N)n1. The molecule has 2 N–H and O–H groups in total. The van der Waals surface area contributed by atoms with E-state index in [2.05, 4.69) is 58.8 Å². The van der Waals surface area contributed by atoms with Gasteiger partial charge in [0.25, 0.3) is 0 Å². The largest absolute Gasteiger partial charge is 0.369 e. The van der Waals surface area contributed by atoms with Crippen molar-refractivity contribution in [1.82, 2.24) is 19.9 Å². The molecule has 2 aromatic carbocycles. The molecule has 0 saturated carbocycles. The van der Waals surface area contributed by atoms with Crippen LogP contribution in [0.15, 0.2) is 151 Å². The molecule has 7 heteroatoms. The van der Waals surface area contributed by atoms with Crippen LogP contribution in [0.3, 0.4) is 0 Å². The van der Waals surface area contributed by atoms with E-state index < -0.39 is 0 Å². The highest BCUT2D eigenvalue weighted by atomic mass is 15.3. The van der Waals surface area contributed by atoms with Gasteiger partial charge in [0.05, 0.1) is 45.6 Å². The monoisotopic (exact) mass is 597 g/mol. The minimum atomic E-state index is 0.268. The minimum absolute atomic E-state index is 0.268. The van der Waals surface area contributed by atoms with Crippen LogP contribution in [0.25, 0.3) is 39.4 Å². The Morgan fingerprint density at radius 3 is 2.26 bits per heavy atom. The maximum Gasteiger partial charge on any atom is 0.110 e. The Balaban J connectivity index is 1.31. The fraction of sp³-hybridized carbons (Fsp3) is 0.0513. The van der Waals surface area contributed by atoms with Crippen LogP contribution in [0, 0.1) is 5.41 Å². The number of allylic oxidation sites excluding steroid dienone is 6. The number of nitrogens with one attached hydrogen (secondary N) is 2. The fourth-order valence-corrected chi connectivity index (χ4v) is 5.50. The number of hydrazone groups is 1. The summed E-state index contributed by atoms with van der Waals surface area (Å²) in [7, 11) is 2.05. The van der Waals surface area contributed by atoms with Crippen molar-refractivity contribution in [1.29, 1.82) is 5.41 Å². The minimum Gasteiger partial charge on any atom is -0.369 e.